The Kier molecular flexibility index (Phi) is 25.2. The molecule has 10 heterocycles. The molecular formula is C70H71B6Cl3N6O16. The molecule has 18 rings (SSSR count). The molecule has 0 atom stereocenters. The molecule has 516 valence electrons. The van der Waals surface area contributed by atoms with Crippen LogP contribution in [0, 0.1) is 0 Å². The van der Waals surface area contributed by atoms with Crippen LogP contribution in [-0.4, -0.2) is 159 Å². The third-order valence-electron chi connectivity index (χ3n) is 18.5. The van der Waals surface area contributed by atoms with E-state index in [4.69, 9.17) is 18.9 Å². The van der Waals surface area contributed by atoms with E-state index in [2.05, 4.69) is 29.9 Å². The van der Waals surface area contributed by atoms with Gasteiger partial charge in [-0.3, -0.25) is 29.9 Å². The molecule has 0 amide bonds. The van der Waals surface area contributed by atoms with Crippen molar-refractivity contribution in [2.45, 2.75) is 77.0 Å². The number of nitrogens with zero attached hydrogens (tertiary/aromatic N) is 6. The minimum Gasteiger partial charge on any atom is -0.493 e. The van der Waals surface area contributed by atoms with Crippen LogP contribution in [-0.2, 0) is 51.4 Å². The number of hydrogen-bond donors (Lipinski definition) is 12. The fourth-order valence-electron chi connectivity index (χ4n) is 13.9. The van der Waals surface area contributed by atoms with Crippen LogP contribution in [0.2, 0.25) is 0 Å². The molecule has 6 aromatic heterocycles. The Labute approximate surface area is 601 Å². The van der Waals surface area contributed by atoms with Crippen molar-refractivity contribution < 1.29 is 79.2 Å². The topological polar surface area (TPSA) is 357 Å². The van der Waals surface area contributed by atoms with Gasteiger partial charge in [0, 0.05) is 115 Å². The number of ether oxygens (including phenoxy) is 4. The predicted octanol–water partition coefficient (Wildman–Crippen LogP) is 2.25. The first kappa shape index (κ1) is 75.4. The Hall–Kier alpha value is -8.24. The summed E-state index contributed by atoms with van der Waals surface area (Å²) in [6.07, 6.45) is 22.3. The van der Waals surface area contributed by atoms with Gasteiger partial charge < -0.3 is 79.2 Å². The summed E-state index contributed by atoms with van der Waals surface area (Å²) in [4.78, 5) is 25.5. The summed E-state index contributed by atoms with van der Waals surface area (Å²) in [5, 5.41) is 118. The number of aromatic nitrogens is 6. The van der Waals surface area contributed by atoms with Gasteiger partial charge in [0.25, 0.3) is 0 Å². The zero-order chi connectivity index (χ0) is 68.1. The van der Waals surface area contributed by atoms with Gasteiger partial charge in [0.15, 0.2) is 0 Å². The molecule has 22 nitrogen and oxygen atoms in total. The average Bonchev–Trinajstić information content (AvgIpc) is 1.59. The molecule has 6 aliphatic rings. The van der Waals surface area contributed by atoms with Gasteiger partial charge in [0.05, 0.1) is 59.5 Å². The maximum Gasteiger partial charge on any atom is 0.490 e. The summed E-state index contributed by atoms with van der Waals surface area (Å²) in [5.74, 6) is 3.11. The van der Waals surface area contributed by atoms with E-state index in [1.807, 2.05) is 48.5 Å². The molecule has 31 heteroatoms. The number of hydrogen-bond acceptors (Lipinski definition) is 22. The molecule has 0 radical (unpaired) electrons. The van der Waals surface area contributed by atoms with Crippen molar-refractivity contribution in [3.05, 3.63) is 191 Å². The fraction of sp³-hybridized carbons (Fsp3) is 0.229. The first-order valence-electron chi connectivity index (χ1n) is 32.7. The van der Waals surface area contributed by atoms with Crippen molar-refractivity contribution >= 4 is 178 Å². The van der Waals surface area contributed by atoms with Gasteiger partial charge in [0.1, 0.15) is 23.0 Å². The second kappa shape index (κ2) is 33.7. The zero-order valence-corrected chi connectivity index (χ0v) is 57.0. The number of rotatable bonds is 6. The predicted molar refractivity (Wildman–Crippen MR) is 401 cm³/mol. The molecule has 0 fully saturated rings. The third kappa shape index (κ3) is 15.9. The Morgan fingerprint density at radius 1 is 0.218 bits per heavy atom. The Bertz CT molecular complexity index is 4390. The van der Waals surface area contributed by atoms with E-state index in [9.17, 15) is 60.3 Å². The van der Waals surface area contributed by atoms with E-state index in [-0.39, 0.29) is 37.2 Å². The number of halogens is 3. The van der Waals surface area contributed by atoms with Crippen molar-refractivity contribution in [3.63, 3.8) is 0 Å². The minimum absolute atomic E-state index is 0. The Morgan fingerprint density at radius 2 is 0.416 bits per heavy atom. The molecule has 4 aliphatic heterocycles. The van der Waals surface area contributed by atoms with Crippen LogP contribution in [0.3, 0.4) is 0 Å². The van der Waals surface area contributed by atoms with Crippen LogP contribution in [0.1, 0.15) is 70.2 Å². The number of pyridine rings is 6. The maximum absolute atomic E-state index is 9.34. The molecule has 6 aromatic carbocycles. The van der Waals surface area contributed by atoms with Crippen LogP contribution in [0.15, 0.2) is 146 Å². The lowest BCUT2D eigenvalue weighted by molar-refractivity contribution is 0.318. The molecule has 2 aliphatic carbocycles. The van der Waals surface area contributed by atoms with Crippen LogP contribution in [0.5, 0.6) is 23.0 Å². The molecule has 12 aromatic rings. The van der Waals surface area contributed by atoms with Crippen molar-refractivity contribution in [3.8, 4) is 23.0 Å². The molecule has 0 spiro atoms. The van der Waals surface area contributed by atoms with E-state index in [1.54, 1.807) is 97.8 Å². The van der Waals surface area contributed by atoms with Gasteiger partial charge in [-0.25, -0.2) is 0 Å². The van der Waals surface area contributed by atoms with E-state index >= 15 is 0 Å². The van der Waals surface area contributed by atoms with E-state index < -0.39 is 42.7 Å². The summed E-state index contributed by atoms with van der Waals surface area (Å²) in [6.45, 7) is 2.69. The van der Waals surface area contributed by atoms with Crippen LogP contribution < -0.4 is 51.7 Å². The van der Waals surface area contributed by atoms with Crippen molar-refractivity contribution in [1.29, 1.82) is 0 Å². The average molecular weight is 1420 g/mol. The largest absolute Gasteiger partial charge is 0.493 e. The zero-order valence-electron chi connectivity index (χ0n) is 54.5. The van der Waals surface area contributed by atoms with E-state index in [0.29, 0.717) is 81.3 Å². The SMILES string of the molecule is Cl.Cl.Cl.OB(O)c1ccc2c3c(ccnc13)CCC2.OB(O)c1ccc2c3c(ccnc13)CCC2.OB(O)c1ccc2c3c(ccnc13)CCCO2.OB(O)c1ccc2c3c(ccnc13)CCCO2.OB(O)c1ccc2c3c(ccnc13)CCO2.OB(O)c1ccc2c3c(ccnc13)CCO2. The first-order chi connectivity index (χ1) is 47.6. The van der Waals surface area contributed by atoms with Crippen molar-refractivity contribution in [1.82, 2.24) is 29.9 Å². The number of benzene rings is 6. The molecule has 0 saturated carbocycles. The summed E-state index contributed by atoms with van der Waals surface area (Å²) < 4.78 is 22.4. The second-order valence-electron chi connectivity index (χ2n) is 24.5. The lowest BCUT2D eigenvalue weighted by atomic mass is 9.76. The molecule has 12 N–H and O–H groups in total. The smallest absolute Gasteiger partial charge is 0.490 e. The summed E-state index contributed by atoms with van der Waals surface area (Å²) in [6, 6.07) is 33.1. The Morgan fingerprint density at radius 3 is 0.673 bits per heavy atom. The molecule has 0 bridgehead atoms. The van der Waals surface area contributed by atoms with Gasteiger partial charge in [-0.15, -0.1) is 37.2 Å². The highest BCUT2D eigenvalue weighted by atomic mass is 35.5. The van der Waals surface area contributed by atoms with Gasteiger partial charge >= 0.3 is 42.7 Å². The summed E-state index contributed by atoms with van der Waals surface area (Å²) >= 11 is 0. The van der Waals surface area contributed by atoms with Gasteiger partial charge in [-0.05, 0) is 169 Å². The van der Waals surface area contributed by atoms with Gasteiger partial charge in [-0.1, -0.05) is 48.5 Å². The fourth-order valence-corrected chi connectivity index (χ4v) is 13.9. The van der Waals surface area contributed by atoms with Crippen LogP contribution in [0.4, 0.5) is 0 Å². The molecule has 0 saturated heterocycles. The summed E-state index contributed by atoms with van der Waals surface area (Å²) in [5.41, 5.74) is 16.4. The highest BCUT2D eigenvalue weighted by Gasteiger charge is 2.28. The quantitative estimate of drug-likeness (QED) is 0.106. The van der Waals surface area contributed by atoms with Gasteiger partial charge in [-0.2, -0.15) is 0 Å². The highest BCUT2D eigenvalue weighted by Crippen LogP contribution is 2.35. The molecule has 0 unspecified atom stereocenters. The lowest BCUT2D eigenvalue weighted by Gasteiger charge is -2.19. The molecule has 101 heavy (non-hydrogen) atoms. The first-order valence-corrected chi connectivity index (χ1v) is 32.7. The van der Waals surface area contributed by atoms with Gasteiger partial charge in [0.2, 0.25) is 0 Å². The van der Waals surface area contributed by atoms with Crippen molar-refractivity contribution in [2.75, 3.05) is 26.4 Å². The monoisotopic (exact) mass is 1420 g/mol. The highest BCUT2D eigenvalue weighted by molar-refractivity contribution is 6.64. The van der Waals surface area contributed by atoms with E-state index in [1.165, 1.54) is 22.3 Å². The Balaban J connectivity index is 0.000000130. The standard InChI is InChI=1S/2C12H12BNO3.2C12H12BNO2.2C11H10BNO3.3ClH/c2*15-13(16)9-3-4-10-11-8(2-1-7-17-10)5-6-14-12(9)11;2*15-13(16)10-5-4-8-2-1-3-9-6-7-14-12(10)11(8)9;2*14-12(15)8-1-2-9-10-7(4-6-16-9)3-5-13-11(8)10;;;/h2*3-6,15-16H,1-2,7H2;2*4-7,15-16H,1-3H2;2*1-3,5,14-15H,4,6H2;3*1H. The van der Waals surface area contributed by atoms with E-state index in [0.717, 1.165) is 166 Å². The second-order valence-corrected chi connectivity index (χ2v) is 24.5. The lowest BCUT2D eigenvalue weighted by Crippen LogP contribution is -2.31. The molecular weight excluding hydrogens is 1350 g/mol. The minimum atomic E-state index is -1.50. The third-order valence-corrected chi connectivity index (χ3v) is 18.5. The van der Waals surface area contributed by atoms with Crippen LogP contribution >= 0.6 is 37.2 Å². The maximum atomic E-state index is 9.34. The number of aryl methyl sites for hydroxylation is 6. The van der Waals surface area contributed by atoms with Crippen molar-refractivity contribution in [2.24, 2.45) is 0 Å². The normalized spacial score (nSPS) is 13.6. The summed E-state index contributed by atoms with van der Waals surface area (Å²) in [7, 11) is -8.90. The van der Waals surface area contributed by atoms with Crippen LogP contribution in [0.25, 0.3) is 65.4 Å².